The lowest BCUT2D eigenvalue weighted by Gasteiger charge is -2.32. The summed E-state index contributed by atoms with van der Waals surface area (Å²) in [5.41, 5.74) is 0.906. The molecule has 1 saturated heterocycles. The molecule has 1 aromatic heterocycles. The molecule has 2 aliphatic heterocycles. The Balaban J connectivity index is 1.46. The molecule has 0 saturated carbocycles. The van der Waals surface area contributed by atoms with Crippen LogP contribution in [0, 0.1) is 0 Å². The minimum absolute atomic E-state index is 0.0212. The molecular formula is C24H32N4O6. The maximum Gasteiger partial charge on any atom is 0.319 e. The van der Waals surface area contributed by atoms with Crippen LogP contribution in [-0.2, 0) is 22.6 Å². The summed E-state index contributed by atoms with van der Waals surface area (Å²) in [6, 6.07) is 9.08. The smallest absolute Gasteiger partial charge is 0.319 e. The van der Waals surface area contributed by atoms with Gasteiger partial charge < -0.3 is 33.3 Å². The number of ether oxygens (including phenoxy) is 3. The predicted molar refractivity (Wildman–Crippen MR) is 123 cm³/mol. The number of nitrogens with zero attached hydrogens (tertiary/aromatic N) is 4. The minimum Gasteiger partial charge on any atom is -0.467 e. The number of carbonyl (C=O) groups excluding carboxylic acids is 2. The number of hydrogen-bond acceptors (Lipinski definition) is 7. The largest absolute Gasteiger partial charge is 0.467 e. The van der Waals surface area contributed by atoms with E-state index in [4.69, 9.17) is 18.6 Å². The van der Waals surface area contributed by atoms with E-state index in [2.05, 4.69) is 4.90 Å². The molecule has 10 heteroatoms. The van der Waals surface area contributed by atoms with Crippen LogP contribution in [0.2, 0.25) is 0 Å². The van der Waals surface area contributed by atoms with Crippen LogP contribution in [0.25, 0.3) is 0 Å². The number of benzene rings is 1. The lowest BCUT2D eigenvalue weighted by Crippen LogP contribution is -2.49. The molecule has 0 spiro atoms. The van der Waals surface area contributed by atoms with Gasteiger partial charge >= 0.3 is 6.03 Å². The van der Waals surface area contributed by atoms with E-state index < -0.39 is 0 Å². The molecule has 0 aliphatic carbocycles. The van der Waals surface area contributed by atoms with Crippen molar-refractivity contribution < 1.29 is 28.2 Å². The molecular weight excluding hydrogens is 440 g/mol. The van der Waals surface area contributed by atoms with Gasteiger partial charge in [0.1, 0.15) is 12.3 Å². The molecule has 1 fully saturated rings. The summed E-state index contributed by atoms with van der Waals surface area (Å²) in [7, 11) is 3.39. The maximum absolute atomic E-state index is 13.5. The quantitative estimate of drug-likeness (QED) is 0.550. The zero-order valence-electron chi connectivity index (χ0n) is 19.8. The number of morpholine rings is 1. The van der Waals surface area contributed by atoms with Crippen LogP contribution in [-0.4, -0.2) is 98.4 Å². The van der Waals surface area contributed by atoms with Crippen LogP contribution >= 0.6 is 0 Å². The molecule has 1 aromatic carbocycles. The van der Waals surface area contributed by atoms with Crippen molar-refractivity contribution in [1.29, 1.82) is 0 Å². The minimum atomic E-state index is -0.192. The van der Waals surface area contributed by atoms with Crippen molar-refractivity contribution in [3.05, 3.63) is 47.9 Å². The number of amides is 3. The monoisotopic (exact) mass is 472 g/mol. The molecule has 0 atom stereocenters. The summed E-state index contributed by atoms with van der Waals surface area (Å²) < 4.78 is 21.8. The fourth-order valence-electron chi connectivity index (χ4n) is 3.96. The second-order valence-corrected chi connectivity index (χ2v) is 8.57. The van der Waals surface area contributed by atoms with Gasteiger partial charge in [-0.15, -0.1) is 0 Å². The first-order valence-corrected chi connectivity index (χ1v) is 11.4. The van der Waals surface area contributed by atoms with E-state index in [0.29, 0.717) is 56.7 Å². The normalized spacial score (nSPS) is 15.2. The summed E-state index contributed by atoms with van der Waals surface area (Å²) in [5.74, 6) is 1.87. The van der Waals surface area contributed by atoms with Crippen molar-refractivity contribution >= 4 is 11.9 Å². The molecule has 0 bridgehead atoms. The first-order valence-electron chi connectivity index (χ1n) is 11.4. The molecule has 2 aliphatic rings. The lowest BCUT2D eigenvalue weighted by atomic mass is 10.2. The lowest BCUT2D eigenvalue weighted by molar-refractivity contribution is -0.133. The summed E-state index contributed by atoms with van der Waals surface area (Å²) in [6.45, 7) is 5.00. The molecule has 3 heterocycles. The van der Waals surface area contributed by atoms with Crippen LogP contribution in [0.1, 0.15) is 11.3 Å². The number of carbonyl (C=O) groups is 2. The Hall–Kier alpha value is -3.24. The van der Waals surface area contributed by atoms with Gasteiger partial charge in [-0.25, -0.2) is 4.79 Å². The topological polar surface area (TPSA) is 87.9 Å². The third kappa shape index (κ3) is 6.21. The number of rotatable bonds is 9. The molecule has 184 valence electrons. The molecule has 2 aromatic rings. The van der Waals surface area contributed by atoms with Crippen molar-refractivity contribution in [3.8, 4) is 11.5 Å². The summed E-state index contributed by atoms with van der Waals surface area (Å²) >= 11 is 0. The van der Waals surface area contributed by atoms with Crippen LogP contribution in [0.5, 0.6) is 11.5 Å². The van der Waals surface area contributed by atoms with Gasteiger partial charge in [-0.1, -0.05) is 6.07 Å². The second kappa shape index (κ2) is 11.3. The van der Waals surface area contributed by atoms with E-state index in [1.54, 1.807) is 36.2 Å². The summed E-state index contributed by atoms with van der Waals surface area (Å²) in [5, 5.41) is 0. The van der Waals surface area contributed by atoms with Gasteiger partial charge in [0.05, 0.1) is 26.0 Å². The molecule has 3 amide bonds. The van der Waals surface area contributed by atoms with Gasteiger partial charge in [0, 0.05) is 46.8 Å². The van der Waals surface area contributed by atoms with Crippen LogP contribution in [0.15, 0.2) is 41.0 Å². The Bertz CT molecular complexity index is 958. The van der Waals surface area contributed by atoms with E-state index in [0.717, 1.165) is 18.7 Å². The van der Waals surface area contributed by atoms with Gasteiger partial charge in [0.15, 0.2) is 11.5 Å². The van der Waals surface area contributed by atoms with Crippen molar-refractivity contribution in [3.63, 3.8) is 0 Å². The highest BCUT2D eigenvalue weighted by Gasteiger charge is 2.25. The van der Waals surface area contributed by atoms with Gasteiger partial charge in [-0.05, 0) is 29.8 Å². The van der Waals surface area contributed by atoms with Gasteiger partial charge in [-0.2, -0.15) is 0 Å². The van der Waals surface area contributed by atoms with Crippen molar-refractivity contribution in [2.24, 2.45) is 0 Å². The van der Waals surface area contributed by atoms with Gasteiger partial charge in [0.25, 0.3) is 0 Å². The molecule has 4 rings (SSSR count). The van der Waals surface area contributed by atoms with E-state index in [1.165, 1.54) is 4.90 Å². The van der Waals surface area contributed by atoms with Crippen molar-refractivity contribution in [2.45, 2.75) is 13.1 Å². The van der Waals surface area contributed by atoms with Gasteiger partial charge in [0.2, 0.25) is 12.7 Å². The molecule has 34 heavy (non-hydrogen) atoms. The Labute approximate surface area is 199 Å². The standard InChI is InChI=1S/C24H32N4O6/c1-25(2)24(30)27(8-7-26-9-12-31-13-10-26)17-23(29)28(16-20-4-3-11-32-20)15-19-5-6-21-22(14-19)34-18-33-21/h3-6,11,14H,7-10,12-13,15-18H2,1-2H3. The highest BCUT2D eigenvalue weighted by Crippen LogP contribution is 2.33. The summed E-state index contributed by atoms with van der Waals surface area (Å²) in [6.07, 6.45) is 1.59. The highest BCUT2D eigenvalue weighted by atomic mass is 16.7. The Morgan fingerprint density at radius 2 is 1.79 bits per heavy atom. The first-order chi connectivity index (χ1) is 16.5. The average Bonchev–Trinajstić information content (AvgIpc) is 3.53. The number of furan rings is 1. The van der Waals surface area contributed by atoms with Crippen molar-refractivity contribution in [1.82, 2.24) is 19.6 Å². The summed E-state index contributed by atoms with van der Waals surface area (Å²) in [4.78, 5) is 33.4. The molecule has 0 unspecified atom stereocenters. The number of urea groups is 1. The SMILES string of the molecule is CN(C)C(=O)N(CCN1CCOCC1)CC(=O)N(Cc1ccc2c(c1)OCO2)Cc1ccco1. The fraction of sp³-hybridized carbons (Fsp3) is 0.500. The zero-order valence-corrected chi connectivity index (χ0v) is 19.8. The highest BCUT2D eigenvalue weighted by molar-refractivity contribution is 5.84. The second-order valence-electron chi connectivity index (χ2n) is 8.57. The van der Waals surface area contributed by atoms with Crippen LogP contribution in [0.4, 0.5) is 4.79 Å². The Kier molecular flexibility index (Phi) is 7.91. The van der Waals surface area contributed by atoms with Crippen LogP contribution in [0.3, 0.4) is 0 Å². The van der Waals surface area contributed by atoms with Gasteiger partial charge in [-0.3, -0.25) is 9.69 Å². The van der Waals surface area contributed by atoms with E-state index >= 15 is 0 Å². The predicted octanol–water partition coefficient (Wildman–Crippen LogP) is 1.85. The van der Waals surface area contributed by atoms with E-state index in [9.17, 15) is 9.59 Å². The van der Waals surface area contributed by atoms with Crippen LogP contribution < -0.4 is 9.47 Å². The third-order valence-corrected chi connectivity index (χ3v) is 5.86. The first kappa shape index (κ1) is 23.9. The Morgan fingerprint density at radius 1 is 1.00 bits per heavy atom. The van der Waals surface area contributed by atoms with Crippen molar-refractivity contribution in [2.75, 3.05) is 66.8 Å². The number of hydrogen-bond donors (Lipinski definition) is 0. The number of fused-ring (bicyclic) bond motifs is 1. The molecule has 10 nitrogen and oxygen atoms in total. The van der Waals surface area contributed by atoms with E-state index in [-0.39, 0.29) is 25.3 Å². The molecule has 0 N–H and O–H groups in total. The average molecular weight is 473 g/mol. The molecule has 0 radical (unpaired) electrons. The Morgan fingerprint density at radius 3 is 2.53 bits per heavy atom. The maximum atomic E-state index is 13.5. The zero-order chi connectivity index (χ0) is 23.9. The van der Waals surface area contributed by atoms with E-state index in [1.807, 2.05) is 24.3 Å². The third-order valence-electron chi connectivity index (χ3n) is 5.86. The fourth-order valence-corrected chi connectivity index (χ4v) is 3.96.